The molecule has 0 aromatic carbocycles. The lowest BCUT2D eigenvalue weighted by atomic mass is 10.4. The van der Waals surface area contributed by atoms with Gasteiger partial charge in [0, 0.05) is 26.4 Å². The Balaban J connectivity index is 2.78. The second-order valence-electron chi connectivity index (χ2n) is 3.12. The SMILES string of the molecule is CCCCOCCCOCCCOO. The molecule has 0 rings (SSSR count). The molecule has 1 N–H and O–H groups in total. The van der Waals surface area contributed by atoms with Crippen LogP contribution in [0.5, 0.6) is 0 Å². The molecule has 0 bridgehead atoms. The van der Waals surface area contributed by atoms with Gasteiger partial charge in [0.1, 0.15) is 0 Å². The van der Waals surface area contributed by atoms with Gasteiger partial charge in [-0.05, 0) is 19.3 Å². The third-order valence-electron chi connectivity index (χ3n) is 1.74. The van der Waals surface area contributed by atoms with Crippen molar-refractivity contribution in [3.63, 3.8) is 0 Å². The molecule has 0 aromatic heterocycles. The molecule has 86 valence electrons. The Bertz CT molecular complexity index is 86.1. The maximum atomic E-state index is 8.01. The molecule has 4 nitrogen and oxygen atoms in total. The van der Waals surface area contributed by atoms with Crippen LogP contribution in [0.15, 0.2) is 0 Å². The van der Waals surface area contributed by atoms with Crippen LogP contribution in [0.4, 0.5) is 0 Å². The van der Waals surface area contributed by atoms with E-state index in [1.165, 1.54) is 6.42 Å². The van der Waals surface area contributed by atoms with Crippen molar-refractivity contribution in [1.29, 1.82) is 0 Å². The normalized spacial score (nSPS) is 10.7. The van der Waals surface area contributed by atoms with Crippen LogP contribution in [-0.2, 0) is 14.4 Å². The Kier molecular flexibility index (Phi) is 12.7. The molecule has 14 heavy (non-hydrogen) atoms. The third kappa shape index (κ3) is 11.8. The van der Waals surface area contributed by atoms with Crippen molar-refractivity contribution in [3.05, 3.63) is 0 Å². The maximum Gasteiger partial charge on any atom is 0.0841 e. The van der Waals surface area contributed by atoms with Gasteiger partial charge in [0.2, 0.25) is 0 Å². The molecule has 0 saturated heterocycles. The molecule has 0 unspecified atom stereocenters. The van der Waals surface area contributed by atoms with Crippen LogP contribution >= 0.6 is 0 Å². The van der Waals surface area contributed by atoms with Crippen molar-refractivity contribution in [2.45, 2.75) is 32.6 Å². The molecule has 0 atom stereocenters. The van der Waals surface area contributed by atoms with Crippen LogP contribution in [0.2, 0.25) is 0 Å². The zero-order valence-corrected chi connectivity index (χ0v) is 9.04. The van der Waals surface area contributed by atoms with E-state index < -0.39 is 0 Å². The molecular formula is C10H22O4. The molecule has 0 radical (unpaired) electrons. The summed E-state index contributed by atoms with van der Waals surface area (Å²) < 4.78 is 10.6. The van der Waals surface area contributed by atoms with Crippen molar-refractivity contribution in [2.24, 2.45) is 0 Å². The maximum absolute atomic E-state index is 8.01. The van der Waals surface area contributed by atoms with Crippen LogP contribution in [0, 0.1) is 0 Å². The van der Waals surface area contributed by atoms with Crippen molar-refractivity contribution in [2.75, 3.05) is 33.0 Å². The Morgan fingerprint density at radius 1 is 0.786 bits per heavy atom. The first-order valence-electron chi connectivity index (χ1n) is 5.33. The second kappa shape index (κ2) is 12.8. The summed E-state index contributed by atoms with van der Waals surface area (Å²) in [6.45, 7) is 5.47. The van der Waals surface area contributed by atoms with Gasteiger partial charge in [0.05, 0.1) is 6.61 Å². The van der Waals surface area contributed by atoms with E-state index in [-0.39, 0.29) is 0 Å². The van der Waals surface area contributed by atoms with Gasteiger partial charge in [-0.25, -0.2) is 4.89 Å². The van der Waals surface area contributed by atoms with Gasteiger partial charge in [-0.2, -0.15) is 0 Å². The van der Waals surface area contributed by atoms with Gasteiger partial charge in [-0.3, -0.25) is 5.26 Å². The summed E-state index contributed by atoms with van der Waals surface area (Å²) in [4.78, 5) is 3.91. The van der Waals surface area contributed by atoms with Crippen LogP contribution in [0.3, 0.4) is 0 Å². The van der Waals surface area contributed by atoms with Crippen molar-refractivity contribution < 1.29 is 19.6 Å². The van der Waals surface area contributed by atoms with E-state index in [4.69, 9.17) is 14.7 Å². The minimum absolute atomic E-state index is 0.340. The topological polar surface area (TPSA) is 47.9 Å². The molecule has 0 heterocycles. The summed E-state index contributed by atoms with van der Waals surface area (Å²) >= 11 is 0. The quantitative estimate of drug-likeness (QED) is 0.319. The molecule has 4 heteroatoms. The number of rotatable bonds is 11. The Morgan fingerprint density at radius 3 is 1.79 bits per heavy atom. The van der Waals surface area contributed by atoms with E-state index in [1.54, 1.807) is 0 Å². The van der Waals surface area contributed by atoms with Crippen molar-refractivity contribution in [1.82, 2.24) is 0 Å². The summed E-state index contributed by atoms with van der Waals surface area (Å²) in [7, 11) is 0. The predicted octanol–water partition coefficient (Wildman–Crippen LogP) is 2.09. The molecule has 0 aromatic rings. The lowest BCUT2D eigenvalue weighted by Crippen LogP contribution is -2.04. The average molecular weight is 206 g/mol. The summed E-state index contributed by atoms with van der Waals surface area (Å²) in [5.74, 6) is 0. The smallest absolute Gasteiger partial charge is 0.0841 e. The van der Waals surface area contributed by atoms with E-state index in [0.717, 1.165) is 39.1 Å². The molecule has 0 spiro atoms. The van der Waals surface area contributed by atoms with Crippen molar-refractivity contribution >= 4 is 0 Å². The molecule has 0 aliphatic carbocycles. The second-order valence-corrected chi connectivity index (χ2v) is 3.12. The standard InChI is InChI=1S/C10H22O4/c1-2-3-6-12-7-4-8-13-9-5-10-14-11/h11H,2-10H2,1H3. The minimum Gasteiger partial charge on any atom is -0.381 e. The fourth-order valence-corrected chi connectivity index (χ4v) is 0.939. The molecule has 0 aliphatic heterocycles. The van der Waals surface area contributed by atoms with Crippen LogP contribution in [-0.4, -0.2) is 38.3 Å². The Labute approximate surface area is 86.1 Å². The van der Waals surface area contributed by atoms with E-state index in [1.807, 2.05) is 0 Å². The molecule has 0 fully saturated rings. The zero-order chi connectivity index (χ0) is 10.5. The highest BCUT2D eigenvalue weighted by atomic mass is 17.1. The van der Waals surface area contributed by atoms with Gasteiger partial charge in [-0.15, -0.1) is 0 Å². The minimum atomic E-state index is 0.340. The first-order chi connectivity index (χ1) is 6.91. The largest absolute Gasteiger partial charge is 0.381 e. The first kappa shape index (κ1) is 13.8. The van der Waals surface area contributed by atoms with Crippen LogP contribution in [0.25, 0.3) is 0 Å². The van der Waals surface area contributed by atoms with E-state index >= 15 is 0 Å². The monoisotopic (exact) mass is 206 g/mol. The molecule has 0 saturated carbocycles. The summed E-state index contributed by atoms with van der Waals surface area (Å²) in [6.07, 6.45) is 3.98. The summed E-state index contributed by atoms with van der Waals surface area (Å²) in [5, 5.41) is 8.01. The van der Waals surface area contributed by atoms with Gasteiger partial charge >= 0.3 is 0 Å². The predicted molar refractivity (Wildman–Crippen MR) is 54.4 cm³/mol. The third-order valence-corrected chi connectivity index (χ3v) is 1.74. The fraction of sp³-hybridized carbons (Fsp3) is 1.00. The first-order valence-corrected chi connectivity index (χ1v) is 5.33. The van der Waals surface area contributed by atoms with Crippen LogP contribution < -0.4 is 0 Å². The van der Waals surface area contributed by atoms with Gasteiger partial charge in [0.15, 0.2) is 0 Å². The molecule has 0 aliphatic rings. The van der Waals surface area contributed by atoms with E-state index in [0.29, 0.717) is 13.2 Å². The number of hydrogen-bond acceptors (Lipinski definition) is 4. The highest BCUT2D eigenvalue weighted by Gasteiger charge is 1.91. The Hall–Kier alpha value is -0.160. The average Bonchev–Trinajstić information content (AvgIpc) is 2.21. The van der Waals surface area contributed by atoms with Gasteiger partial charge < -0.3 is 9.47 Å². The van der Waals surface area contributed by atoms with Crippen molar-refractivity contribution in [3.8, 4) is 0 Å². The van der Waals surface area contributed by atoms with Gasteiger partial charge in [-0.1, -0.05) is 13.3 Å². The Morgan fingerprint density at radius 2 is 1.29 bits per heavy atom. The summed E-state index contributed by atoms with van der Waals surface area (Å²) in [6, 6.07) is 0. The summed E-state index contributed by atoms with van der Waals surface area (Å²) in [5.41, 5.74) is 0. The lowest BCUT2D eigenvalue weighted by Gasteiger charge is -2.04. The number of hydrogen-bond donors (Lipinski definition) is 1. The van der Waals surface area contributed by atoms with Gasteiger partial charge in [0.25, 0.3) is 0 Å². The zero-order valence-electron chi connectivity index (χ0n) is 9.04. The lowest BCUT2D eigenvalue weighted by molar-refractivity contribution is -0.244. The molecular weight excluding hydrogens is 184 g/mol. The molecule has 0 amide bonds. The van der Waals surface area contributed by atoms with E-state index in [2.05, 4.69) is 11.8 Å². The van der Waals surface area contributed by atoms with E-state index in [9.17, 15) is 0 Å². The fourth-order valence-electron chi connectivity index (χ4n) is 0.939. The number of ether oxygens (including phenoxy) is 2. The highest BCUT2D eigenvalue weighted by Crippen LogP contribution is 1.91. The van der Waals surface area contributed by atoms with Crippen LogP contribution in [0.1, 0.15) is 32.6 Å². The number of unbranched alkanes of at least 4 members (excludes halogenated alkanes) is 1. The highest BCUT2D eigenvalue weighted by molar-refractivity contribution is 4.37.